The van der Waals surface area contributed by atoms with Gasteiger partial charge < -0.3 is 9.47 Å². The molecule has 1 aromatic carbocycles. The molecule has 0 saturated carbocycles. The van der Waals surface area contributed by atoms with Gasteiger partial charge in [-0.3, -0.25) is 0 Å². The van der Waals surface area contributed by atoms with E-state index in [9.17, 15) is 0 Å². The van der Waals surface area contributed by atoms with Crippen LogP contribution >= 0.6 is 27.5 Å². The number of likely N-dealkylation sites (tertiary alicyclic amines) is 1. The number of rotatable bonds is 2. The fraction of sp³-hybridized carbons (Fsp3) is 0.562. The van der Waals surface area contributed by atoms with Crippen LogP contribution in [0, 0.1) is 5.92 Å². The second kappa shape index (κ2) is 5.90. The van der Waals surface area contributed by atoms with Gasteiger partial charge in [0.25, 0.3) is 0 Å². The summed E-state index contributed by atoms with van der Waals surface area (Å²) < 4.78 is 3.45. The highest BCUT2D eigenvalue weighted by atomic mass is 79.9. The van der Waals surface area contributed by atoms with Crippen molar-refractivity contribution in [1.82, 2.24) is 14.5 Å². The van der Waals surface area contributed by atoms with Gasteiger partial charge in [0.15, 0.2) is 0 Å². The number of hydrogen-bond acceptors (Lipinski definition) is 2. The molecule has 114 valence electrons. The molecule has 21 heavy (non-hydrogen) atoms. The van der Waals surface area contributed by atoms with Crippen LogP contribution in [0.3, 0.4) is 0 Å². The second-order valence-electron chi connectivity index (χ2n) is 6.18. The molecule has 2 aromatic rings. The number of nitrogens with zero attached hydrogens (tertiary/aromatic N) is 3. The van der Waals surface area contributed by atoms with Crippen molar-refractivity contribution in [2.24, 2.45) is 5.92 Å². The Balaban J connectivity index is 2.13. The summed E-state index contributed by atoms with van der Waals surface area (Å²) in [5.41, 5.74) is 2.22. The molecule has 1 saturated heterocycles. The lowest BCUT2D eigenvalue weighted by atomic mass is 9.93. The number of fused-ring (bicyclic) bond motifs is 1. The molecular weight excluding hydrogens is 350 g/mol. The molecule has 0 amide bonds. The summed E-state index contributed by atoms with van der Waals surface area (Å²) in [6.45, 7) is 6.58. The predicted octanol–water partition coefficient (Wildman–Crippen LogP) is 4.61. The molecule has 3 nitrogen and oxygen atoms in total. The van der Waals surface area contributed by atoms with Crippen molar-refractivity contribution >= 4 is 38.6 Å². The minimum absolute atomic E-state index is 0.0805. The van der Waals surface area contributed by atoms with Crippen molar-refractivity contribution in [2.75, 3.05) is 20.1 Å². The van der Waals surface area contributed by atoms with Gasteiger partial charge in [-0.2, -0.15) is 0 Å². The average molecular weight is 371 g/mol. The number of benzene rings is 1. The van der Waals surface area contributed by atoms with E-state index in [1.807, 2.05) is 6.92 Å². The third-order valence-electron chi connectivity index (χ3n) is 4.43. The molecular formula is C16H21BrClN3. The monoisotopic (exact) mass is 369 g/mol. The molecule has 0 N–H and O–H groups in total. The maximum Gasteiger partial charge on any atom is 0.127 e. The van der Waals surface area contributed by atoms with E-state index in [4.69, 9.17) is 16.6 Å². The highest BCUT2D eigenvalue weighted by Gasteiger charge is 2.29. The molecule has 3 rings (SSSR count). The topological polar surface area (TPSA) is 21.1 Å². The van der Waals surface area contributed by atoms with Gasteiger partial charge in [0.1, 0.15) is 5.82 Å². The zero-order valence-electron chi connectivity index (χ0n) is 12.7. The van der Waals surface area contributed by atoms with Crippen molar-refractivity contribution in [3.05, 3.63) is 28.5 Å². The summed E-state index contributed by atoms with van der Waals surface area (Å²) in [6.07, 6.45) is 1.15. The van der Waals surface area contributed by atoms with Crippen molar-refractivity contribution in [3.63, 3.8) is 0 Å². The fourth-order valence-corrected chi connectivity index (χ4v) is 3.95. The average Bonchev–Trinajstić information content (AvgIpc) is 2.77. The lowest BCUT2D eigenvalue weighted by Gasteiger charge is -2.36. The van der Waals surface area contributed by atoms with E-state index < -0.39 is 0 Å². The van der Waals surface area contributed by atoms with Crippen LogP contribution in [0.1, 0.15) is 37.5 Å². The van der Waals surface area contributed by atoms with Crippen molar-refractivity contribution in [1.29, 1.82) is 0 Å². The Labute approximate surface area is 139 Å². The maximum absolute atomic E-state index is 6.41. The van der Waals surface area contributed by atoms with Gasteiger partial charge >= 0.3 is 0 Å². The molecule has 1 fully saturated rings. The second-order valence-corrected chi connectivity index (χ2v) is 7.75. The third kappa shape index (κ3) is 2.86. The number of piperidine rings is 1. The smallest absolute Gasteiger partial charge is 0.127 e. The number of halogens is 2. The van der Waals surface area contributed by atoms with Crippen LogP contribution < -0.4 is 0 Å². The van der Waals surface area contributed by atoms with Crippen molar-refractivity contribution < 1.29 is 0 Å². The number of hydrogen-bond donors (Lipinski definition) is 0. The Bertz CT molecular complexity index is 652. The highest BCUT2D eigenvalue weighted by Crippen LogP contribution is 2.35. The van der Waals surface area contributed by atoms with E-state index in [2.05, 4.69) is 57.6 Å². The molecule has 0 aliphatic carbocycles. The molecule has 5 heteroatoms. The molecule has 3 atom stereocenters. The quantitative estimate of drug-likeness (QED) is 0.720. The van der Waals surface area contributed by atoms with E-state index >= 15 is 0 Å². The number of aromatic nitrogens is 2. The zero-order valence-corrected chi connectivity index (χ0v) is 15.0. The predicted molar refractivity (Wildman–Crippen MR) is 92.0 cm³/mol. The van der Waals surface area contributed by atoms with E-state index in [-0.39, 0.29) is 5.38 Å². The van der Waals surface area contributed by atoms with Gasteiger partial charge in [0.2, 0.25) is 0 Å². The van der Waals surface area contributed by atoms with Gasteiger partial charge in [-0.1, -0.05) is 22.9 Å². The molecule has 2 heterocycles. The van der Waals surface area contributed by atoms with E-state index in [0.29, 0.717) is 12.0 Å². The minimum atomic E-state index is -0.0805. The van der Waals surface area contributed by atoms with Crippen molar-refractivity contribution in [2.45, 2.75) is 31.7 Å². The van der Waals surface area contributed by atoms with Crippen LogP contribution in [0.15, 0.2) is 22.7 Å². The minimum Gasteiger partial charge on any atom is -0.323 e. The normalized spacial score (nSPS) is 25.4. The lowest BCUT2D eigenvalue weighted by molar-refractivity contribution is 0.159. The Morgan fingerprint density at radius 1 is 1.43 bits per heavy atom. The molecule has 1 aliphatic rings. The summed E-state index contributed by atoms with van der Waals surface area (Å²) in [6, 6.07) is 6.79. The Hall–Kier alpha value is -0.580. The van der Waals surface area contributed by atoms with Crippen LogP contribution in [0.4, 0.5) is 0 Å². The largest absolute Gasteiger partial charge is 0.323 e. The lowest BCUT2D eigenvalue weighted by Crippen LogP contribution is -2.38. The van der Waals surface area contributed by atoms with Gasteiger partial charge in [-0.15, -0.1) is 11.6 Å². The first-order chi connectivity index (χ1) is 9.97. The maximum atomic E-state index is 6.41. The van der Waals surface area contributed by atoms with E-state index in [1.165, 1.54) is 5.52 Å². The summed E-state index contributed by atoms with van der Waals surface area (Å²) in [5, 5.41) is -0.0805. The van der Waals surface area contributed by atoms with E-state index in [1.54, 1.807) is 0 Å². The summed E-state index contributed by atoms with van der Waals surface area (Å²) in [5.74, 6) is 1.59. The van der Waals surface area contributed by atoms with Gasteiger partial charge in [0, 0.05) is 17.1 Å². The summed E-state index contributed by atoms with van der Waals surface area (Å²) >= 11 is 9.94. The van der Waals surface area contributed by atoms with Crippen LogP contribution in [-0.4, -0.2) is 34.6 Å². The Morgan fingerprint density at radius 3 is 2.86 bits per heavy atom. The van der Waals surface area contributed by atoms with Gasteiger partial charge in [-0.25, -0.2) is 4.98 Å². The SMILES string of the molecule is CC(Cl)c1nc2cc(Br)ccc2n1C1CCN(C)CC1C. The Morgan fingerprint density at radius 2 is 2.19 bits per heavy atom. The fourth-order valence-electron chi connectivity index (χ4n) is 3.45. The third-order valence-corrected chi connectivity index (χ3v) is 5.12. The highest BCUT2D eigenvalue weighted by molar-refractivity contribution is 9.10. The summed E-state index contributed by atoms with van der Waals surface area (Å²) in [4.78, 5) is 7.19. The summed E-state index contributed by atoms with van der Waals surface area (Å²) in [7, 11) is 2.20. The molecule has 3 unspecified atom stereocenters. The van der Waals surface area contributed by atoms with Gasteiger partial charge in [-0.05, 0) is 51.1 Å². The first kappa shape index (κ1) is 15.3. The molecule has 0 bridgehead atoms. The molecule has 0 spiro atoms. The van der Waals surface area contributed by atoms with Crippen LogP contribution in [0.5, 0.6) is 0 Å². The van der Waals surface area contributed by atoms with Gasteiger partial charge in [0.05, 0.1) is 16.4 Å². The van der Waals surface area contributed by atoms with Crippen LogP contribution in [-0.2, 0) is 0 Å². The van der Waals surface area contributed by atoms with Crippen LogP contribution in [0.25, 0.3) is 11.0 Å². The number of alkyl halides is 1. The van der Waals surface area contributed by atoms with Crippen LogP contribution in [0.2, 0.25) is 0 Å². The van der Waals surface area contributed by atoms with E-state index in [0.717, 1.165) is 35.3 Å². The van der Waals surface area contributed by atoms with Crippen molar-refractivity contribution in [3.8, 4) is 0 Å². The molecule has 0 radical (unpaired) electrons. The number of imidazole rings is 1. The standard InChI is InChI=1S/C16H21BrClN3/c1-10-9-20(3)7-6-14(10)21-15-5-4-12(17)8-13(15)19-16(21)11(2)18/h4-5,8,10-11,14H,6-7,9H2,1-3H3. The first-order valence-electron chi connectivity index (χ1n) is 7.47. The molecule has 1 aliphatic heterocycles. The first-order valence-corrected chi connectivity index (χ1v) is 8.70. The zero-order chi connectivity index (χ0) is 15.1. The molecule has 1 aromatic heterocycles. The Kier molecular flexibility index (Phi) is 4.30.